The van der Waals surface area contributed by atoms with Gasteiger partial charge >= 0.3 is 5.97 Å². The van der Waals surface area contributed by atoms with Gasteiger partial charge in [0.1, 0.15) is 23.4 Å². The number of nitrogens with one attached hydrogen (secondary N) is 1. The van der Waals surface area contributed by atoms with Crippen LogP contribution in [0.25, 0.3) is 11.1 Å². The lowest BCUT2D eigenvalue weighted by atomic mass is 10.0. The van der Waals surface area contributed by atoms with Crippen molar-refractivity contribution in [3.63, 3.8) is 0 Å². The van der Waals surface area contributed by atoms with E-state index >= 15 is 0 Å². The van der Waals surface area contributed by atoms with E-state index in [0.29, 0.717) is 17.8 Å². The molecule has 0 saturated carbocycles. The average Bonchev–Trinajstić information content (AvgIpc) is 2.64. The van der Waals surface area contributed by atoms with Gasteiger partial charge in [-0.05, 0) is 29.8 Å². The molecular weight excluding hydrogens is 418 g/mol. The van der Waals surface area contributed by atoms with Gasteiger partial charge in [-0.1, -0.05) is 17.8 Å². The second-order valence-electron chi connectivity index (χ2n) is 6.18. The van der Waals surface area contributed by atoms with E-state index in [-0.39, 0.29) is 28.2 Å². The Morgan fingerprint density at radius 1 is 1.10 bits per heavy atom. The third-order valence-electron chi connectivity index (χ3n) is 3.80. The first kappa shape index (κ1) is 23.0. The number of ether oxygens (including phenoxy) is 1. The average molecular weight is 436 g/mol. The molecule has 2 amide bonds. The van der Waals surface area contributed by atoms with Crippen LogP contribution in [0.4, 0.5) is 8.78 Å². The second-order valence-corrected chi connectivity index (χ2v) is 7.18. The van der Waals surface area contributed by atoms with Crippen molar-refractivity contribution in [1.82, 2.24) is 5.32 Å². The molecule has 0 saturated heterocycles. The van der Waals surface area contributed by atoms with Crippen molar-refractivity contribution < 1.29 is 32.7 Å². The van der Waals surface area contributed by atoms with E-state index in [1.807, 2.05) is 0 Å². The molecule has 158 valence electrons. The first-order chi connectivity index (χ1) is 14.1. The molecule has 0 aliphatic rings. The zero-order chi connectivity index (χ0) is 22.4. The fourth-order valence-electron chi connectivity index (χ4n) is 2.50. The van der Waals surface area contributed by atoms with Gasteiger partial charge in [0.15, 0.2) is 0 Å². The van der Waals surface area contributed by atoms with E-state index in [0.717, 1.165) is 13.0 Å². The third kappa shape index (κ3) is 6.11. The highest BCUT2D eigenvalue weighted by Gasteiger charge is 2.22. The summed E-state index contributed by atoms with van der Waals surface area (Å²) in [6, 6.07) is 5.92. The molecule has 0 aliphatic carbocycles. The predicted octanol–water partition coefficient (Wildman–Crippen LogP) is 2.42. The van der Waals surface area contributed by atoms with Gasteiger partial charge in [-0.3, -0.25) is 19.2 Å². The van der Waals surface area contributed by atoms with Crippen LogP contribution in [0.15, 0.2) is 36.4 Å². The molecule has 30 heavy (non-hydrogen) atoms. The van der Waals surface area contributed by atoms with E-state index in [9.17, 15) is 28.0 Å². The van der Waals surface area contributed by atoms with Gasteiger partial charge in [0, 0.05) is 31.2 Å². The molecule has 2 rings (SSSR count). The van der Waals surface area contributed by atoms with Crippen molar-refractivity contribution in [2.24, 2.45) is 5.73 Å². The fourth-order valence-corrected chi connectivity index (χ4v) is 3.38. The van der Waals surface area contributed by atoms with Crippen LogP contribution in [-0.2, 0) is 14.4 Å². The molecule has 3 N–H and O–H groups in total. The lowest BCUT2D eigenvalue weighted by Gasteiger charge is -2.14. The van der Waals surface area contributed by atoms with Gasteiger partial charge in [0.05, 0.1) is 5.56 Å². The van der Waals surface area contributed by atoms with Crippen LogP contribution < -0.4 is 15.8 Å². The second kappa shape index (κ2) is 9.97. The summed E-state index contributed by atoms with van der Waals surface area (Å²) in [5, 5.41) is 1.72. The lowest BCUT2D eigenvalue weighted by molar-refractivity contribution is -0.132. The summed E-state index contributed by atoms with van der Waals surface area (Å²) in [6.07, 6.45) is 0. The maximum Gasteiger partial charge on any atom is 0.308 e. The smallest absolute Gasteiger partial charge is 0.308 e. The van der Waals surface area contributed by atoms with Gasteiger partial charge in [-0.2, -0.15) is 0 Å². The zero-order valence-electron chi connectivity index (χ0n) is 16.0. The Hall–Kier alpha value is -3.27. The molecule has 0 aliphatic heterocycles. The summed E-state index contributed by atoms with van der Waals surface area (Å²) in [5.41, 5.74) is 5.44. The van der Waals surface area contributed by atoms with Crippen LogP contribution in [0.5, 0.6) is 5.75 Å². The molecule has 0 radical (unpaired) electrons. The van der Waals surface area contributed by atoms with Crippen LogP contribution in [-0.4, -0.2) is 34.7 Å². The molecule has 10 heteroatoms. The van der Waals surface area contributed by atoms with Crippen LogP contribution in [0.2, 0.25) is 0 Å². The molecule has 0 bridgehead atoms. The number of nitrogens with two attached hydrogens (primary N) is 1. The van der Waals surface area contributed by atoms with E-state index in [1.54, 1.807) is 0 Å². The zero-order valence-corrected chi connectivity index (χ0v) is 16.8. The minimum atomic E-state index is -1.09. The Morgan fingerprint density at radius 2 is 1.80 bits per heavy atom. The van der Waals surface area contributed by atoms with Gasteiger partial charge < -0.3 is 15.8 Å². The minimum Gasteiger partial charge on any atom is -0.426 e. The number of carbonyl (C=O) groups is 4. The van der Waals surface area contributed by atoms with Gasteiger partial charge in [-0.15, -0.1) is 0 Å². The molecule has 0 spiro atoms. The number of halogens is 2. The topological polar surface area (TPSA) is 116 Å². The van der Waals surface area contributed by atoms with Crippen molar-refractivity contribution in [2.45, 2.75) is 19.9 Å². The number of thioether (sulfide) groups is 1. The number of esters is 1. The predicted molar refractivity (Wildman–Crippen MR) is 107 cm³/mol. The highest BCUT2D eigenvalue weighted by atomic mass is 32.2. The molecule has 1 atom stereocenters. The normalized spacial score (nSPS) is 11.5. The first-order valence-corrected chi connectivity index (χ1v) is 9.58. The summed E-state index contributed by atoms with van der Waals surface area (Å²) in [5.74, 6) is -3.82. The number of carbonyl (C=O) groups excluding carboxylic acids is 4. The third-order valence-corrected chi connectivity index (χ3v) is 4.78. The van der Waals surface area contributed by atoms with E-state index in [4.69, 9.17) is 10.5 Å². The number of hydrogen-bond donors (Lipinski definition) is 2. The Kier molecular flexibility index (Phi) is 7.65. The van der Waals surface area contributed by atoms with E-state index in [1.165, 1.54) is 31.2 Å². The monoisotopic (exact) mass is 436 g/mol. The van der Waals surface area contributed by atoms with Gasteiger partial charge in [-0.25, -0.2) is 8.78 Å². The highest BCUT2D eigenvalue weighted by molar-refractivity contribution is 8.14. The minimum absolute atomic E-state index is 0.0399. The number of rotatable bonds is 7. The summed E-state index contributed by atoms with van der Waals surface area (Å²) < 4.78 is 32.4. The SMILES string of the molecule is CC(=O)NC(CSC(=O)c1cc(-c2ccc(F)cc2F)ccc1OC(C)=O)C(N)=O. The maximum atomic E-state index is 14.1. The summed E-state index contributed by atoms with van der Waals surface area (Å²) in [6.45, 7) is 2.34. The van der Waals surface area contributed by atoms with Gasteiger partial charge in [0.2, 0.25) is 16.9 Å². The van der Waals surface area contributed by atoms with Crippen molar-refractivity contribution in [3.05, 3.63) is 53.6 Å². The van der Waals surface area contributed by atoms with Crippen LogP contribution in [0.3, 0.4) is 0 Å². The van der Waals surface area contributed by atoms with E-state index < -0.39 is 40.6 Å². The Bertz CT molecular complexity index is 1010. The Labute approximate surface area is 175 Å². The van der Waals surface area contributed by atoms with Crippen molar-refractivity contribution in [3.8, 4) is 16.9 Å². The van der Waals surface area contributed by atoms with Crippen molar-refractivity contribution in [2.75, 3.05) is 5.75 Å². The van der Waals surface area contributed by atoms with Crippen molar-refractivity contribution >= 4 is 34.7 Å². The summed E-state index contributed by atoms with van der Waals surface area (Å²) >= 11 is 0.660. The van der Waals surface area contributed by atoms with Crippen molar-refractivity contribution in [1.29, 1.82) is 0 Å². The molecular formula is C20H18F2N2O5S. The Balaban J connectivity index is 2.36. The standard InChI is InChI=1S/C20H18F2N2O5S/c1-10(25)24-17(19(23)27)9-30-20(28)15-7-12(3-6-18(15)29-11(2)26)14-5-4-13(21)8-16(14)22/h3-8,17H,9H2,1-2H3,(H2,23,27)(H,24,25). The number of primary amides is 1. The summed E-state index contributed by atoms with van der Waals surface area (Å²) in [4.78, 5) is 46.7. The molecule has 0 aromatic heterocycles. The molecule has 0 heterocycles. The van der Waals surface area contributed by atoms with Gasteiger partial charge in [0.25, 0.3) is 0 Å². The molecule has 7 nitrogen and oxygen atoms in total. The summed E-state index contributed by atoms with van der Waals surface area (Å²) in [7, 11) is 0. The maximum absolute atomic E-state index is 14.1. The highest BCUT2D eigenvalue weighted by Crippen LogP contribution is 2.31. The largest absolute Gasteiger partial charge is 0.426 e. The van der Waals surface area contributed by atoms with Crippen LogP contribution in [0, 0.1) is 11.6 Å². The Morgan fingerprint density at radius 3 is 2.37 bits per heavy atom. The quantitative estimate of drug-likeness (QED) is 0.509. The number of hydrogen-bond acceptors (Lipinski definition) is 6. The lowest BCUT2D eigenvalue weighted by Crippen LogP contribution is -2.45. The number of benzene rings is 2. The molecule has 1 unspecified atom stereocenters. The van der Waals surface area contributed by atoms with E-state index in [2.05, 4.69) is 5.32 Å². The first-order valence-electron chi connectivity index (χ1n) is 8.60. The number of amides is 2. The molecule has 2 aromatic carbocycles. The molecule has 2 aromatic rings. The van der Waals surface area contributed by atoms with Crippen LogP contribution in [0.1, 0.15) is 24.2 Å². The fraction of sp³-hybridized carbons (Fsp3) is 0.200. The van der Waals surface area contributed by atoms with Crippen LogP contribution >= 0.6 is 11.8 Å². The molecule has 0 fully saturated rings.